The monoisotopic (exact) mass is 267 g/mol. The Morgan fingerprint density at radius 2 is 1.60 bits per heavy atom. The molecule has 0 heterocycles. The highest BCUT2D eigenvalue weighted by Crippen LogP contribution is 2.20. The number of rotatable bonds is 9. The molecule has 0 unspecified atom stereocenters. The summed E-state index contributed by atoms with van der Waals surface area (Å²) in [6.07, 6.45) is 12.4. The molecule has 107 valence electrons. The van der Waals surface area contributed by atoms with E-state index in [4.69, 9.17) is 0 Å². The average Bonchev–Trinajstić information content (AvgIpc) is 2.50. The van der Waals surface area contributed by atoms with Gasteiger partial charge in [0.1, 0.15) is 0 Å². The Balaban J connectivity index is 1.71. The van der Waals surface area contributed by atoms with E-state index >= 15 is 0 Å². The lowest BCUT2D eigenvalue weighted by atomic mass is 9.99. The summed E-state index contributed by atoms with van der Waals surface area (Å²) in [6.45, 7) is 2.28. The molecule has 1 radical (unpaired) electrons. The maximum Gasteiger partial charge on any atom is -0.0151 e. The van der Waals surface area contributed by atoms with Gasteiger partial charge in [-0.25, -0.2) is 0 Å². The van der Waals surface area contributed by atoms with E-state index in [0.717, 1.165) is 0 Å². The molecule has 0 aromatic heterocycles. The zero-order valence-corrected chi connectivity index (χ0v) is 12.8. The molecule has 0 heteroatoms. The summed E-state index contributed by atoms with van der Waals surface area (Å²) in [5.74, 6) is 0. The number of benzene rings is 2. The van der Waals surface area contributed by atoms with Crippen LogP contribution in [0.5, 0.6) is 0 Å². The van der Waals surface area contributed by atoms with Crippen molar-refractivity contribution in [3.63, 3.8) is 0 Å². The van der Waals surface area contributed by atoms with Gasteiger partial charge in [-0.15, -0.1) is 0 Å². The number of aryl methyl sites for hydroxylation is 1. The second-order valence-electron chi connectivity index (χ2n) is 5.79. The quantitative estimate of drug-likeness (QED) is 0.466. The summed E-state index contributed by atoms with van der Waals surface area (Å²) in [6, 6.07) is 16.1. The van der Waals surface area contributed by atoms with Crippen LogP contribution in [-0.4, -0.2) is 0 Å². The molecule has 0 aliphatic rings. The first kappa shape index (κ1) is 15.1. The Labute approximate surface area is 124 Å². The van der Waals surface area contributed by atoms with Gasteiger partial charge in [0.05, 0.1) is 0 Å². The first-order valence-electron chi connectivity index (χ1n) is 8.29. The van der Waals surface area contributed by atoms with Crippen molar-refractivity contribution < 1.29 is 0 Å². The summed E-state index contributed by atoms with van der Waals surface area (Å²) in [7, 11) is 0. The summed E-state index contributed by atoms with van der Waals surface area (Å²) in [5.41, 5.74) is 1.50. The molecular formula is C20H27. The number of hydrogen-bond donors (Lipinski definition) is 0. The average molecular weight is 267 g/mol. The van der Waals surface area contributed by atoms with Crippen molar-refractivity contribution in [2.75, 3.05) is 0 Å². The molecule has 0 fully saturated rings. The summed E-state index contributed by atoms with van der Waals surface area (Å²) in [5, 5.41) is 2.73. The molecule has 2 aromatic carbocycles. The molecule has 0 N–H and O–H groups in total. The van der Waals surface area contributed by atoms with Gasteiger partial charge in [0, 0.05) is 0 Å². The van der Waals surface area contributed by atoms with Gasteiger partial charge in [0.25, 0.3) is 0 Å². The van der Waals surface area contributed by atoms with Crippen LogP contribution in [0.3, 0.4) is 0 Å². The molecule has 0 saturated heterocycles. The normalized spacial score (nSPS) is 11.1. The Morgan fingerprint density at radius 1 is 0.850 bits per heavy atom. The van der Waals surface area contributed by atoms with Gasteiger partial charge in [0.2, 0.25) is 0 Å². The van der Waals surface area contributed by atoms with E-state index in [1.54, 1.807) is 0 Å². The van der Waals surface area contributed by atoms with Crippen LogP contribution < -0.4 is 0 Å². The van der Waals surface area contributed by atoms with Crippen LogP contribution in [0.2, 0.25) is 0 Å². The first-order chi connectivity index (χ1) is 9.92. The maximum atomic E-state index is 3.16. The number of unbranched alkanes of at least 4 members (excludes halogenated alkanes) is 7. The first-order valence-corrected chi connectivity index (χ1v) is 8.29. The van der Waals surface area contributed by atoms with Gasteiger partial charge in [-0.2, -0.15) is 0 Å². The zero-order chi connectivity index (χ0) is 14.0. The van der Waals surface area contributed by atoms with Crippen LogP contribution in [0, 0.1) is 6.07 Å². The zero-order valence-electron chi connectivity index (χ0n) is 12.8. The van der Waals surface area contributed by atoms with Crippen molar-refractivity contribution in [1.82, 2.24) is 0 Å². The van der Waals surface area contributed by atoms with Crippen molar-refractivity contribution in [3.8, 4) is 0 Å². The van der Waals surface area contributed by atoms with E-state index < -0.39 is 0 Å². The topological polar surface area (TPSA) is 0 Å². The van der Waals surface area contributed by atoms with Gasteiger partial charge >= 0.3 is 0 Å². The molecule has 20 heavy (non-hydrogen) atoms. The second-order valence-corrected chi connectivity index (χ2v) is 5.79. The van der Waals surface area contributed by atoms with Crippen molar-refractivity contribution >= 4 is 10.8 Å². The molecule has 2 aromatic rings. The molecule has 0 saturated carbocycles. The second kappa shape index (κ2) is 8.79. The fourth-order valence-electron chi connectivity index (χ4n) is 2.90. The summed E-state index contributed by atoms with van der Waals surface area (Å²) < 4.78 is 0. The third-order valence-electron chi connectivity index (χ3n) is 4.11. The Bertz CT molecular complexity index is 493. The molecule has 0 amide bonds. The Kier molecular flexibility index (Phi) is 6.63. The molecular weight excluding hydrogens is 240 g/mol. The van der Waals surface area contributed by atoms with Crippen LogP contribution in [-0.2, 0) is 6.42 Å². The lowest BCUT2D eigenvalue weighted by molar-refractivity contribution is 0.576. The highest BCUT2D eigenvalue weighted by molar-refractivity contribution is 5.85. The maximum absolute atomic E-state index is 3.16. The SMILES string of the molecule is CCCCCCCCCCc1cccc2c[c]ccc12. The molecule has 0 aliphatic heterocycles. The summed E-state index contributed by atoms with van der Waals surface area (Å²) >= 11 is 0. The van der Waals surface area contributed by atoms with E-state index in [1.807, 2.05) is 6.07 Å². The highest BCUT2D eigenvalue weighted by Gasteiger charge is 2.00. The van der Waals surface area contributed by atoms with E-state index in [9.17, 15) is 0 Å². The molecule has 0 spiro atoms. The largest absolute Gasteiger partial charge is 0.0654 e. The minimum atomic E-state index is 1.22. The minimum absolute atomic E-state index is 1.22. The molecule has 0 atom stereocenters. The Morgan fingerprint density at radius 3 is 2.40 bits per heavy atom. The van der Waals surface area contributed by atoms with E-state index in [1.165, 1.54) is 74.1 Å². The summed E-state index contributed by atoms with van der Waals surface area (Å²) in [4.78, 5) is 0. The van der Waals surface area contributed by atoms with Crippen LogP contribution >= 0.6 is 0 Å². The lowest BCUT2D eigenvalue weighted by Crippen LogP contribution is -1.88. The third-order valence-corrected chi connectivity index (χ3v) is 4.11. The van der Waals surface area contributed by atoms with Crippen LogP contribution in [0.25, 0.3) is 10.8 Å². The third kappa shape index (κ3) is 4.67. The van der Waals surface area contributed by atoms with Crippen molar-refractivity contribution in [1.29, 1.82) is 0 Å². The van der Waals surface area contributed by atoms with Crippen molar-refractivity contribution in [2.24, 2.45) is 0 Å². The van der Waals surface area contributed by atoms with Gasteiger partial charge < -0.3 is 0 Å². The minimum Gasteiger partial charge on any atom is -0.0654 e. The predicted octanol–water partition coefficient (Wildman–Crippen LogP) is 6.32. The molecule has 2 rings (SSSR count). The fraction of sp³-hybridized carbons (Fsp3) is 0.500. The van der Waals surface area contributed by atoms with Gasteiger partial charge in [-0.1, -0.05) is 82.2 Å². The van der Waals surface area contributed by atoms with Gasteiger partial charge in [-0.3, -0.25) is 0 Å². The lowest BCUT2D eigenvalue weighted by Gasteiger charge is -2.06. The van der Waals surface area contributed by atoms with E-state index in [0.29, 0.717) is 0 Å². The Hall–Kier alpha value is -1.30. The molecule has 0 aliphatic carbocycles. The van der Waals surface area contributed by atoms with Gasteiger partial charge in [-0.05, 0) is 41.3 Å². The van der Waals surface area contributed by atoms with Crippen LogP contribution in [0.15, 0.2) is 36.4 Å². The van der Waals surface area contributed by atoms with Crippen LogP contribution in [0.4, 0.5) is 0 Å². The van der Waals surface area contributed by atoms with Crippen molar-refractivity contribution in [2.45, 2.75) is 64.7 Å². The smallest absolute Gasteiger partial charge is 0.0151 e. The number of hydrogen-bond acceptors (Lipinski definition) is 0. The number of fused-ring (bicyclic) bond motifs is 1. The molecule has 0 bridgehead atoms. The van der Waals surface area contributed by atoms with Gasteiger partial charge in [0.15, 0.2) is 0 Å². The fourth-order valence-corrected chi connectivity index (χ4v) is 2.90. The van der Waals surface area contributed by atoms with E-state index in [-0.39, 0.29) is 0 Å². The predicted molar refractivity (Wildman–Crippen MR) is 89.1 cm³/mol. The highest BCUT2D eigenvalue weighted by atomic mass is 14.0. The van der Waals surface area contributed by atoms with Crippen LogP contribution in [0.1, 0.15) is 63.9 Å². The molecule has 0 nitrogen and oxygen atoms in total. The standard InChI is InChI=1S/C20H27/c1-2-3-4-5-6-7-8-9-13-18-15-12-16-19-14-10-11-17-20(18)19/h11-12,14-17H,2-9,13H2,1H3. The van der Waals surface area contributed by atoms with Crippen molar-refractivity contribution in [3.05, 3.63) is 48.0 Å². The van der Waals surface area contributed by atoms with E-state index in [2.05, 4.69) is 43.3 Å².